The third-order valence-electron chi connectivity index (χ3n) is 4.03. The van der Waals surface area contributed by atoms with Crippen molar-refractivity contribution in [3.8, 4) is 0 Å². The summed E-state index contributed by atoms with van der Waals surface area (Å²) >= 11 is 0. The third-order valence-corrected chi connectivity index (χ3v) is 4.03. The lowest BCUT2D eigenvalue weighted by Gasteiger charge is -2.51. The third kappa shape index (κ3) is 3.07. The molecule has 0 bridgehead atoms. The summed E-state index contributed by atoms with van der Waals surface area (Å²) in [6, 6.07) is 10.6. The summed E-state index contributed by atoms with van der Waals surface area (Å²) in [6.45, 7) is 5.07. The maximum absolute atomic E-state index is 6.00. The van der Waals surface area contributed by atoms with Crippen molar-refractivity contribution < 1.29 is 4.74 Å². The Morgan fingerprint density at radius 1 is 1.42 bits per heavy atom. The maximum atomic E-state index is 6.00. The van der Waals surface area contributed by atoms with Crippen LogP contribution in [-0.2, 0) is 11.3 Å². The Morgan fingerprint density at radius 3 is 2.68 bits per heavy atom. The Morgan fingerprint density at radius 2 is 2.11 bits per heavy atom. The van der Waals surface area contributed by atoms with Gasteiger partial charge in [-0.3, -0.25) is 4.99 Å². The van der Waals surface area contributed by atoms with Crippen LogP contribution in [0.25, 0.3) is 0 Å². The molecule has 0 heterocycles. The van der Waals surface area contributed by atoms with Gasteiger partial charge in [-0.25, -0.2) is 0 Å². The molecule has 0 amide bonds. The van der Waals surface area contributed by atoms with E-state index >= 15 is 0 Å². The first-order valence-corrected chi connectivity index (χ1v) is 6.68. The van der Waals surface area contributed by atoms with Gasteiger partial charge in [0.25, 0.3) is 0 Å². The van der Waals surface area contributed by atoms with Gasteiger partial charge in [-0.15, -0.1) is 0 Å². The summed E-state index contributed by atoms with van der Waals surface area (Å²) in [5, 5.41) is 3.23. The number of ether oxygens (including phenoxy) is 1. The van der Waals surface area contributed by atoms with Gasteiger partial charge in [0.2, 0.25) is 0 Å². The van der Waals surface area contributed by atoms with E-state index in [1.807, 2.05) is 18.2 Å². The van der Waals surface area contributed by atoms with Crippen LogP contribution in [0.1, 0.15) is 25.8 Å². The molecule has 0 saturated heterocycles. The normalized spacial score (nSPS) is 25.7. The Kier molecular flexibility index (Phi) is 4.10. The molecule has 1 aliphatic rings. The minimum atomic E-state index is 0.0735. The highest BCUT2D eigenvalue weighted by molar-refractivity contribution is 5.78. The van der Waals surface area contributed by atoms with Gasteiger partial charge >= 0.3 is 0 Å². The van der Waals surface area contributed by atoms with Crippen LogP contribution in [0.2, 0.25) is 0 Å². The summed E-state index contributed by atoms with van der Waals surface area (Å²) in [5.74, 6) is 0.500. The molecule has 3 N–H and O–H groups in total. The lowest BCUT2D eigenvalue weighted by Crippen LogP contribution is -2.63. The fourth-order valence-electron chi connectivity index (χ4n) is 2.43. The van der Waals surface area contributed by atoms with Crippen molar-refractivity contribution in [1.82, 2.24) is 5.32 Å². The van der Waals surface area contributed by atoms with Gasteiger partial charge in [0, 0.05) is 18.5 Å². The van der Waals surface area contributed by atoms with E-state index in [-0.39, 0.29) is 11.5 Å². The van der Waals surface area contributed by atoms with Crippen molar-refractivity contribution in [3.63, 3.8) is 0 Å². The lowest BCUT2D eigenvalue weighted by atomic mass is 9.64. The predicted octanol–water partition coefficient (Wildman–Crippen LogP) is 1.90. The molecule has 0 spiro atoms. The van der Waals surface area contributed by atoms with Gasteiger partial charge in [0.1, 0.15) is 0 Å². The van der Waals surface area contributed by atoms with Crippen molar-refractivity contribution in [2.45, 2.75) is 39.0 Å². The Bertz CT molecular complexity index is 442. The summed E-state index contributed by atoms with van der Waals surface area (Å²) in [5.41, 5.74) is 7.00. The van der Waals surface area contributed by atoms with Crippen LogP contribution in [0.4, 0.5) is 0 Å². The van der Waals surface area contributed by atoms with Crippen molar-refractivity contribution in [3.05, 3.63) is 35.9 Å². The molecule has 0 radical (unpaired) electrons. The highest BCUT2D eigenvalue weighted by Crippen LogP contribution is 2.43. The molecular formula is C15H23N3O. The monoisotopic (exact) mass is 261 g/mol. The van der Waals surface area contributed by atoms with Gasteiger partial charge in [-0.2, -0.15) is 0 Å². The Hall–Kier alpha value is -1.55. The summed E-state index contributed by atoms with van der Waals surface area (Å²) < 4.78 is 6.00. The van der Waals surface area contributed by atoms with E-state index in [9.17, 15) is 0 Å². The maximum Gasteiger partial charge on any atom is 0.188 e. The van der Waals surface area contributed by atoms with Crippen LogP contribution >= 0.6 is 0 Å². The van der Waals surface area contributed by atoms with Crippen LogP contribution in [-0.4, -0.2) is 25.2 Å². The quantitative estimate of drug-likeness (QED) is 0.643. The number of guanidine groups is 1. The van der Waals surface area contributed by atoms with E-state index in [2.05, 4.69) is 36.3 Å². The molecule has 2 rings (SSSR count). The molecule has 2 unspecified atom stereocenters. The number of nitrogens with zero attached hydrogens (tertiary/aromatic N) is 1. The van der Waals surface area contributed by atoms with E-state index < -0.39 is 0 Å². The number of nitrogens with one attached hydrogen (secondary N) is 1. The number of nitrogens with two attached hydrogens (primary N) is 1. The average Bonchev–Trinajstić information content (AvgIpc) is 2.42. The van der Waals surface area contributed by atoms with Crippen molar-refractivity contribution in [2.75, 3.05) is 7.05 Å². The zero-order valence-corrected chi connectivity index (χ0v) is 11.9. The largest absolute Gasteiger partial charge is 0.373 e. The average molecular weight is 261 g/mol. The number of benzene rings is 1. The van der Waals surface area contributed by atoms with E-state index in [0.717, 1.165) is 6.42 Å². The molecule has 104 valence electrons. The minimum absolute atomic E-state index is 0.0735. The highest BCUT2D eigenvalue weighted by atomic mass is 16.5. The second-order valence-electron chi connectivity index (χ2n) is 5.65. The van der Waals surface area contributed by atoms with Crippen molar-refractivity contribution in [2.24, 2.45) is 16.1 Å². The zero-order valence-electron chi connectivity index (χ0n) is 11.9. The number of hydrogen-bond acceptors (Lipinski definition) is 2. The topological polar surface area (TPSA) is 59.6 Å². The van der Waals surface area contributed by atoms with Gasteiger partial charge in [0.05, 0.1) is 12.7 Å². The zero-order chi connectivity index (χ0) is 13.9. The van der Waals surface area contributed by atoms with Crippen LogP contribution in [0, 0.1) is 5.41 Å². The first kappa shape index (κ1) is 13.9. The summed E-state index contributed by atoms with van der Waals surface area (Å²) in [4.78, 5) is 3.94. The first-order chi connectivity index (χ1) is 9.04. The first-order valence-electron chi connectivity index (χ1n) is 6.68. The molecular weight excluding hydrogens is 238 g/mol. The molecule has 4 nitrogen and oxygen atoms in total. The van der Waals surface area contributed by atoms with Crippen LogP contribution in [0.3, 0.4) is 0 Å². The number of aliphatic imine (C=N–C) groups is 1. The molecule has 1 saturated carbocycles. The predicted molar refractivity (Wildman–Crippen MR) is 77.9 cm³/mol. The van der Waals surface area contributed by atoms with E-state index in [4.69, 9.17) is 10.5 Å². The lowest BCUT2D eigenvalue weighted by molar-refractivity contribution is -0.120. The summed E-state index contributed by atoms with van der Waals surface area (Å²) in [7, 11) is 1.69. The molecule has 1 fully saturated rings. The van der Waals surface area contributed by atoms with Crippen LogP contribution in [0.15, 0.2) is 35.3 Å². The fraction of sp³-hybridized carbons (Fsp3) is 0.533. The van der Waals surface area contributed by atoms with Gasteiger partial charge in [-0.05, 0) is 12.0 Å². The Labute approximate surface area is 115 Å². The van der Waals surface area contributed by atoms with E-state index in [1.54, 1.807) is 7.05 Å². The molecule has 1 aromatic carbocycles. The highest BCUT2D eigenvalue weighted by Gasteiger charge is 2.49. The standard InChI is InChI=1S/C15H23N3O/c1-15(2)12(18-14(16)17-3)9-13(15)19-10-11-7-5-4-6-8-11/h4-8,12-13H,9-10H2,1-3H3,(H3,16,17,18). The SMILES string of the molecule is CN=C(N)NC1CC(OCc2ccccc2)C1(C)C. The second-order valence-corrected chi connectivity index (χ2v) is 5.65. The van der Waals surface area contributed by atoms with Crippen LogP contribution < -0.4 is 11.1 Å². The van der Waals surface area contributed by atoms with Crippen LogP contribution in [0.5, 0.6) is 0 Å². The Balaban J connectivity index is 1.84. The molecule has 1 aromatic rings. The number of rotatable bonds is 4. The molecule has 0 aromatic heterocycles. The molecule has 4 heteroatoms. The molecule has 2 atom stereocenters. The minimum Gasteiger partial charge on any atom is -0.373 e. The molecule has 0 aliphatic heterocycles. The van der Waals surface area contributed by atoms with Gasteiger partial charge in [-0.1, -0.05) is 44.2 Å². The number of hydrogen-bond donors (Lipinski definition) is 2. The fourth-order valence-corrected chi connectivity index (χ4v) is 2.43. The molecule has 1 aliphatic carbocycles. The summed E-state index contributed by atoms with van der Waals surface area (Å²) in [6.07, 6.45) is 1.23. The van der Waals surface area contributed by atoms with Gasteiger partial charge in [0.15, 0.2) is 5.96 Å². The van der Waals surface area contributed by atoms with Crippen molar-refractivity contribution in [1.29, 1.82) is 0 Å². The van der Waals surface area contributed by atoms with E-state index in [0.29, 0.717) is 18.6 Å². The molecule has 19 heavy (non-hydrogen) atoms. The second kappa shape index (κ2) is 5.61. The van der Waals surface area contributed by atoms with Crippen molar-refractivity contribution >= 4 is 5.96 Å². The van der Waals surface area contributed by atoms with E-state index in [1.165, 1.54) is 5.56 Å². The van der Waals surface area contributed by atoms with Gasteiger partial charge < -0.3 is 15.8 Å². The smallest absolute Gasteiger partial charge is 0.188 e.